The minimum atomic E-state index is -0.356. The van der Waals surface area contributed by atoms with Crippen LogP contribution in [0.1, 0.15) is 73.7 Å². The summed E-state index contributed by atoms with van der Waals surface area (Å²) in [5.41, 5.74) is 4.29. The van der Waals surface area contributed by atoms with Crippen LogP contribution in [-0.2, 0) is 11.3 Å². The number of benzene rings is 2. The molecular weight excluding hydrogens is 532 g/mol. The van der Waals surface area contributed by atoms with Crippen LogP contribution in [-0.4, -0.2) is 44.2 Å². The van der Waals surface area contributed by atoms with E-state index in [4.69, 9.17) is 26.8 Å². The van der Waals surface area contributed by atoms with Crippen LogP contribution in [0.25, 0.3) is 11.3 Å². The fourth-order valence-corrected chi connectivity index (χ4v) is 4.96. The fraction of sp³-hybridized carbons (Fsp3) is 0.414. The van der Waals surface area contributed by atoms with Crippen LogP contribution in [0.3, 0.4) is 0 Å². The van der Waals surface area contributed by atoms with E-state index in [1.54, 1.807) is 40.5 Å². The smallest absolute Gasteiger partial charge is 0.251 e. The fourth-order valence-electron chi connectivity index (χ4n) is 4.75. The van der Waals surface area contributed by atoms with Crippen LogP contribution in [0, 0.1) is 11.3 Å². The lowest BCUT2D eigenvalue weighted by Gasteiger charge is -2.29. The van der Waals surface area contributed by atoms with Crippen LogP contribution in [0.4, 0.5) is 0 Å². The molecular formula is C29H33ClN6O4. The third-order valence-electron chi connectivity index (χ3n) is 7.02. The summed E-state index contributed by atoms with van der Waals surface area (Å²) in [6.07, 6.45) is 9.05. The average molecular weight is 565 g/mol. The van der Waals surface area contributed by atoms with Gasteiger partial charge in [0, 0.05) is 36.2 Å². The Morgan fingerprint density at radius 1 is 1.07 bits per heavy atom. The van der Waals surface area contributed by atoms with Crippen LogP contribution >= 0.6 is 11.6 Å². The van der Waals surface area contributed by atoms with Crippen molar-refractivity contribution in [3.8, 4) is 23.1 Å². The molecule has 0 unspecified atom stereocenters. The summed E-state index contributed by atoms with van der Waals surface area (Å²) in [4.78, 5) is 23.8. The Morgan fingerprint density at radius 2 is 1.82 bits per heavy atom. The Labute approximate surface area is 238 Å². The standard InChI is InChI=1S/C29H33ClN6O4/c30-26-17-25(13-10-22(26)18-31)40-24-14-11-23(12-15-24)32-29(38)21-8-6-20(7-9-21)27-19-36(35-33-27)16-4-2-1-3-5-28(37)34-39/h6-10,13,17,19,23-24,39H,1-5,11-12,14-16H2,(H,32,38)(H,34,37). The van der Waals surface area contributed by atoms with Crippen LogP contribution in [0.2, 0.25) is 5.02 Å². The first kappa shape index (κ1) is 29.1. The maximum absolute atomic E-state index is 12.8. The molecule has 4 rings (SSSR count). The number of nitrogens with zero attached hydrogens (tertiary/aromatic N) is 4. The van der Waals surface area contributed by atoms with Gasteiger partial charge < -0.3 is 10.1 Å². The minimum absolute atomic E-state index is 0.0462. The number of hydrogen-bond acceptors (Lipinski definition) is 7. The molecule has 0 atom stereocenters. The lowest BCUT2D eigenvalue weighted by Crippen LogP contribution is -2.39. The van der Waals surface area contributed by atoms with Gasteiger partial charge in [-0.1, -0.05) is 41.8 Å². The highest BCUT2D eigenvalue weighted by Gasteiger charge is 2.24. The second-order valence-electron chi connectivity index (χ2n) is 9.96. The maximum atomic E-state index is 12.8. The number of carbonyl (C=O) groups is 2. The monoisotopic (exact) mass is 564 g/mol. The second-order valence-corrected chi connectivity index (χ2v) is 10.4. The third kappa shape index (κ3) is 8.28. The topological polar surface area (TPSA) is 142 Å². The number of aromatic nitrogens is 3. The molecule has 2 amide bonds. The van der Waals surface area contributed by atoms with Crippen molar-refractivity contribution in [3.05, 3.63) is 64.8 Å². The molecule has 0 saturated heterocycles. The molecule has 0 spiro atoms. The lowest BCUT2D eigenvalue weighted by atomic mass is 9.92. The van der Waals surface area contributed by atoms with Crippen molar-refractivity contribution in [2.45, 2.75) is 76.5 Å². The molecule has 0 bridgehead atoms. The van der Waals surface area contributed by atoms with Crippen LogP contribution in [0.15, 0.2) is 48.7 Å². The first-order chi connectivity index (χ1) is 19.4. The molecule has 1 heterocycles. The molecule has 40 heavy (non-hydrogen) atoms. The minimum Gasteiger partial charge on any atom is -0.490 e. The molecule has 1 aliphatic carbocycles. The van der Waals surface area contributed by atoms with Gasteiger partial charge >= 0.3 is 0 Å². The lowest BCUT2D eigenvalue weighted by molar-refractivity contribution is -0.129. The third-order valence-corrected chi connectivity index (χ3v) is 7.33. The quantitative estimate of drug-likeness (QED) is 0.159. The summed E-state index contributed by atoms with van der Waals surface area (Å²) in [6, 6.07) is 14.6. The molecule has 1 saturated carbocycles. The highest BCUT2D eigenvalue weighted by Crippen LogP contribution is 2.27. The van der Waals surface area contributed by atoms with Crippen molar-refractivity contribution >= 4 is 23.4 Å². The number of amides is 2. The van der Waals surface area contributed by atoms with E-state index in [1.807, 2.05) is 24.4 Å². The number of nitrogens with one attached hydrogen (secondary N) is 2. The Morgan fingerprint density at radius 3 is 2.52 bits per heavy atom. The van der Waals surface area contributed by atoms with Gasteiger partial charge in [0.2, 0.25) is 5.91 Å². The van der Waals surface area contributed by atoms with E-state index < -0.39 is 0 Å². The highest BCUT2D eigenvalue weighted by molar-refractivity contribution is 6.31. The van der Waals surface area contributed by atoms with Crippen LogP contribution in [0.5, 0.6) is 5.75 Å². The molecule has 3 aromatic rings. The summed E-state index contributed by atoms with van der Waals surface area (Å²) in [5, 5.41) is 29.5. The first-order valence-corrected chi connectivity index (χ1v) is 13.9. The Hall–Kier alpha value is -3.94. The molecule has 210 valence electrons. The molecule has 10 nitrogen and oxygen atoms in total. The molecule has 0 radical (unpaired) electrons. The van der Waals surface area contributed by atoms with Crippen molar-refractivity contribution in [2.24, 2.45) is 0 Å². The van der Waals surface area contributed by atoms with Gasteiger partial charge in [0.15, 0.2) is 0 Å². The van der Waals surface area contributed by atoms with Gasteiger partial charge in [-0.3, -0.25) is 19.5 Å². The van der Waals surface area contributed by atoms with Crippen molar-refractivity contribution in [3.63, 3.8) is 0 Å². The largest absolute Gasteiger partial charge is 0.490 e. The number of hydroxylamine groups is 1. The Balaban J connectivity index is 1.18. The summed E-state index contributed by atoms with van der Waals surface area (Å²) in [5.74, 6) is 0.193. The number of halogens is 1. The molecule has 11 heteroatoms. The maximum Gasteiger partial charge on any atom is 0.251 e. The zero-order chi connectivity index (χ0) is 28.3. The molecule has 0 aliphatic heterocycles. The van der Waals surface area contributed by atoms with Gasteiger partial charge in [-0.05, 0) is 62.8 Å². The van der Waals surface area contributed by atoms with E-state index >= 15 is 0 Å². The summed E-state index contributed by atoms with van der Waals surface area (Å²) in [7, 11) is 0. The van der Waals surface area contributed by atoms with Crippen molar-refractivity contribution in [1.82, 2.24) is 25.8 Å². The van der Waals surface area contributed by atoms with Crippen molar-refractivity contribution in [1.29, 1.82) is 5.26 Å². The van der Waals surface area contributed by atoms with E-state index in [1.165, 1.54) is 0 Å². The van der Waals surface area contributed by atoms with Gasteiger partial charge in [-0.25, -0.2) is 5.48 Å². The second kappa shape index (κ2) is 14.4. The first-order valence-electron chi connectivity index (χ1n) is 13.6. The molecule has 1 aromatic heterocycles. The normalized spacial score (nSPS) is 16.6. The number of rotatable bonds is 12. The molecule has 1 aliphatic rings. The number of aryl methyl sites for hydroxylation is 1. The van der Waals surface area contributed by atoms with E-state index in [9.17, 15) is 9.59 Å². The average Bonchev–Trinajstić information content (AvgIpc) is 3.45. The Bertz CT molecular complexity index is 1330. The van der Waals surface area contributed by atoms with Gasteiger partial charge in [-0.2, -0.15) is 5.26 Å². The van der Waals surface area contributed by atoms with E-state index in [2.05, 4.69) is 15.6 Å². The van der Waals surface area contributed by atoms with Gasteiger partial charge in [0.25, 0.3) is 5.91 Å². The van der Waals surface area contributed by atoms with Crippen molar-refractivity contribution in [2.75, 3.05) is 0 Å². The predicted octanol–water partition coefficient (Wildman–Crippen LogP) is 5.05. The number of carbonyl (C=O) groups excluding carboxylic acids is 2. The number of ether oxygens (including phenoxy) is 1. The summed E-state index contributed by atoms with van der Waals surface area (Å²) < 4.78 is 7.84. The predicted molar refractivity (Wildman–Crippen MR) is 149 cm³/mol. The zero-order valence-corrected chi connectivity index (χ0v) is 22.9. The van der Waals surface area contributed by atoms with E-state index in [0.717, 1.165) is 69.2 Å². The SMILES string of the molecule is N#Cc1ccc(OC2CCC(NC(=O)c3ccc(-c4cn(CCCCCCC(=O)NO)nn4)cc3)CC2)cc1Cl. The molecule has 3 N–H and O–H groups in total. The summed E-state index contributed by atoms with van der Waals surface area (Å²) in [6.45, 7) is 0.730. The molecule has 2 aromatic carbocycles. The summed E-state index contributed by atoms with van der Waals surface area (Å²) >= 11 is 6.10. The Kier molecular flexibility index (Phi) is 10.5. The van der Waals surface area contributed by atoms with Gasteiger partial charge in [0.1, 0.15) is 17.5 Å². The zero-order valence-electron chi connectivity index (χ0n) is 22.2. The van der Waals surface area contributed by atoms with Crippen molar-refractivity contribution < 1.29 is 19.5 Å². The molecule has 1 fully saturated rings. The number of unbranched alkanes of at least 4 members (excludes halogenated alkanes) is 3. The highest BCUT2D eigenvalue weighted by atomic mass is 35.5. The van der Waals surface area contributed by atoms with E-state index in [-0.39, 0.29) is 24.0 Å². The van der Waals surface area contributed by atoms with Gasteiger partial charge in [-0.15, -0.1) is 5.10 Å². The van der Waals surface area contributed by atoms with E-state index in [0.29, 0.717) is 28.3 Å². The van der Waals surface area contributed by atoms with Crippen LogP contribution < -0.4 is 15.5 Å². The van der Waals surface area contributed by atoms with Gasteiger partial charge in [0.05, 0.1) is 22.9 Å². The number of hydrogen-bond donors (Lipinski definition) is 3. The number of nitriles is 1.